The van der Waals surface area contributed by atoms with E-state index in [9.17, 15) is 4.79 Å². The highest BCUT2D eigenvalue weighted by Crippen LogP contribution is 2.41. The predicted molar refractivity (Wildman–Crippen MR) is 85.5 cm³/mol. The van der Waals surface area contributed by atoms with Crippen molar-refractivity contribution in [1.29, 1.82) is 0 Å². The summed E-state index contributed by atoms with van der Waals surface area (Å²) >= 11 is 0. The van der Waals surface area contributed by atoms with Crippen molar-refractivity contribution in [2.75, 3.05) is 26.7 Å². The molecular formula is C16H22N6O2. The van der Waals surface area contributed by atoms with Gasteiger partial charge in [-0.05, 0) is 26.8 Å². The average molecular weight is 330 g/mol. The molecular weight excluding hydrogens is 308 g/mol. The van der Waals surface area contributed by atoms with Crippen LogP contribution in [-0.4, -0.2) is 62.3 Å². The van der Waals surface area contributed by atoms with Crippen molar-refractivity contribution < 1.29 is 9.32 Å². The van der Waals surface area contributed by atoms with Crippen LogP contribution in [0.4, 0.5) is 0 Å². The van der Waals surface area contributed by atoms with Crippen molar-refractivity contribution in [3.8, 4) is 0 Å². The van der Waals surface area contributed by atoms with Crippen LogP contribution in [0.2, 0.25) is 0 Å². The average Bonchev–Trinajstić information content (AvgIpc) is 3.19. The monoisotopic (exact) mass is 330 g/mol. The molecule has 0 aromatic carbocycles. The van der Waals surface area contributed by atoms with Gasteiger partial charge in [-0.3, -0.25) is 14.4 Å². The van der Waals surface area contributed by atoms with Crippen molar-refractivity contribution in [3.05, 3.63) is 29.2 Å². The Morgan fingerprint density at radius 1 is 1.29 bits per heavy atom. The smallest absolute Gasteiger partial charge is 0.257 e. The number of aryl methyl sites for hydroxylation is 2. The maximum Gasteiger partial charge on any atom is 0.257 e. The zero-order valence-corrected chi connectivity index (χ0v) is 14.3. The number of piperazine rings is 1. The second-order valence-corrected chi connectivity index (χ2v) is 6.77. The van der Waals surface area contributed by atoms with Gasteiger partial charge in [0.25, 0.3) is 5.91 Å². The maximum absolute atomic E-state index is 13.0. The summed E-state index contributed by atoms with van der Waals surface area (Å²) in [4.78, 5) is 21.4. The number of aromatic nitrogens is 4. The molecule has 0 radical (unpaired) electrons. The van der Waals surface area contributed by atoms with Crippen LogP contribution in [0.1, 0.15) is 52.6 Å². The van der Waals surface area contributed by atoms with Gasteiger partial charge in [-0.25, -0.2) is 0 Å². The maximum atomic E-state index is 13.0. The third-order valence-corrected chi connectivity index (χ3v) is 4.94. The summed E-state index contributed by atoms with van der Waals surface area (Å²) in [5.41, 5.74) is 1.81. The summed E-state index contributed by atoms with van der Waals surface area (Å²) in [7, 11) is 3.93. The number of carbonyl (C=O) groups excluding carboxylic acids is 1. The minimum atomic E-state index is -0.0649. The largest absolute Gasteiger partial charge is 0.338 e. The highest BCUT2D eigenvalue weighted by atomic mass is 16.5. The highest BCUT2D eigenvalue weighted by molar-refractivity contribution is 5.95. The molecule has 2 aromatic heterocycles. The molecule has 4 rings (SSSR count). The van der Waals surface area contributed by atoms with Crippen LogP contribution in [0, 0.1) is 6.92 Å². The van der Waals surface area contributed by atoms with E-state index in [1.54, 1.807) is 13.1 Å². The summed E-state index contributed by atoms with van der Waals surface area (Å²) in [6.45, 7) is 3.82. The Balaban J connectivity index is 1.57. The molecule has 1 saturated carbocycles. The SMILES string of the molecule is Cc1noc([C@@H]2CN(C(=O)c3cnn(C)c3C3CC3)CCN2C)n1. The highest BCUT2D eigenvalue weighted by Gasteiger charge is 2.36. The van der Waals surface area contributed by atoms with Crippen molar-refractivity contribution in [2.24, 2.45) is 7.05 Å². The standard InChI is InChI=1S/C16H22N6O2/c1-10-18-15(24-19-10)13-9-22(7-6-20(13)2)16(23)12-8-17-21(3)14(12)11-4-5-11/h8,11,13H,4-7,9H2,1-3H3/t13-/m0/s1. The first kappa shape index (κ1) is 15.3. The van der Waals surface area contributed by atoms with E-state index in [-0.39, 0.29) is 11.9 Å². The van der Waals surface area contributed by atoms with Gasteiger partial charge in [0.1, 0.15) is 6.04 Å². The summed E-state index contributed by atoms with van der Waals surface area (Å²) in [5, 5.41) is 8.18. The molecule has 24 heavy (non-hydrogen) atoms. The predicted octanol–water partition coefficient (Wildman–Crippen LogP) is 1.12. The van der Waals surface area contributed by atoms with E-state index in [4.69, 9.17) is 4.52 Å². The lowest BCUT2D eigenvalue weighted by molar-refractivity contribution is 0.0488. The molecule has 2 aromatic rings. The molecule has 1 amide bonds. The fourth-order valence-electron chi connectivity index (χ4n) is 3.40. The lowest BCUT2D eigenvalue weighted by Gasteiger charge is -2.37. The molecule has 1 aliphatic carbocycles. The number of likely N-dealkylation sites (N-methyl/N-ethyl adjacent to an activating group) is 1. The first-order valence-electron chi connectivity index (χ1n) is 8.36. The molecule has 0 spiro atoms. The van der Waals surface area contributed by atoms with Crippen molar-refractivity contribution in [1.82, 2.24) is 29.7 Å². The number of carbonyl (C=O) groups is 1. The fourth-order valence-corrected chi connectivity index (χ4v) is 3.40. The van der Waals surface area contributed by atoms with Gasteiger partial charge in [0.05, 0.1) is 17.5 Å². The van der Waals surface area contributed by atoms with Gasteiger partial charge in [0.15, 0.2) is 5.82 Å². The Kier molecular flexibility index (Phi) is 3.64. The van der Waals surface area contributed by atoms with Crippen LogP contribution in [0.15, 0.2) is 10.7 Å². The van der Waals surface area contributed by atoms with Crippen LogP contribution in [-0.2, 0) is 7.05 Å². The third-order valence-electron chi connectivity index (χ3n) is 4.94. The van der Waals surface area contributed by atoms with E-state index < -0.39 is 0 Å². The van der Waals surface area contributed by atoms with Crippen molar-refractivity contribution >= 4 is 5.91 Å². The van der Waals surface area contributed by atoms with Gasteiger partial charge in [-0.2, -0.15) is 10.1 Å². The van der Waals surface area contributed by atoms with Crippen LogP contribution >= 0.6 is 0 Å². The number of rotatable bonds is 3. The number of hydrogen-bond acceptors (Lipinski definition) is 6. The van der Waals surface area contributed by atoms with Crippen molar-refractivity contribution in [2.45, 2.75) is 31.7 Å². The van der Waals surface area contributed by atoms with Gasteiger partial charge >= 0.3 is 0 Å². The molecule has 0 unspecified atom stereocenters. The van der Waals surface area contributed by atoms with E-state index >= 15 is 0 Å². The summed E-state index contributed by atoms with van der Waals surface area (Å²) in [6.07, 6.45) is 4.00. The first-order valence-corrected chi connectivity index (χ1v) is 8.36. The lowest BCUT2D eigenvalue weighted by Crippen LogP contribution is -2.49. The molecule has 8 heteroatoms. The van der Waals surface area contributed by atoms with Crippen LogP contribution in [0.5, 0.6) is 0 Å². The zero-order valence-electron chi connectivity index (χ0n) is 14.3. The minimum absolute atomic E-state index is 0.0549. The van der Waals surface area contributed by atoms with Crippen LogP contribution in [0.25, 0.3) is 0 Å². The summed E-state index contributed by atoms with van der Waals surface area (Å²) in [5.74, 6) is 1.73. The number of nitrogens with zero attached hydrogens (tertiary/aromatic N) is 6. The van der Waals surface area contributed by atoms with Gasteiger partial charge in [-0.1, -0.05) is 5.16 Å². The molecule has 0 bridgehead atoms. The second kappa shape index (κ2) is 5.70. The number of hydrogen-bond donors (Lipinski definition) is 0. The van der Waals surface area contributed by atoms with Crippen LogP contribution in [0.3, 0.4) is 0 Å². The van der Waals surface area contributed by atoms with Crippen molar-refractivity contribution in [3.63, 3.8) is 0 Å². The summed E-state index contributed by atoms with van der Waals surface area (Å²) in [6, 6.07) is -0.0649. The summed E-state index contributed by atoms with van der Waals surface area (Å²) < 4.78 is 7.17. The number of amides is 1. The van der Waals surface area contributed by atoms with Gasteiger partial charge in [-0.15, -0.1) is 0 Å². The Bertz CT molecular complexity index is 762. The molecule has 2 aliphatic rings. The normalized spacial score (nSPS) is 22.1. The van der Waals surface area contributed by atoms with Gasteiger partial charge in [0, 0.05) is 32.6 Å². The second-order valence-electron chi connectivity index (χ2n) is 6.77. The fraction of sp³-hybridized carbons (Fsp3) is 0.625. The van der Waals surface area contributed by atoms with E-state index in [2.05, 4.69) is 20.1 Å². The molecule has 128 valence electrons. The van der Waals surface area contributed by atoms with Gasteiger partial charge < -0.3 is 9.42 Å². The Morgan fingerprint density at radius 3 is 2.75 bits per heavy atom. The minimum Gasteiger partial charge on any atom is -0.338 e. The third kappa shape index (κ3) is 2.60. The molecule has 1 atom stereocenters. The molecule has 1 aliphatic heterocycles. The van der Waals surface area contributed by atoms with E-state index in [0.717, 1.165) is 30.6 Å². The van der Waals surface area contributed by atoms with E-state index in [1.165, 1.54) is 0 Å². The Hall–Kier alpha value is -2.22. The molecule has 2 fully saturated rings. The van der Waals surface area contributed by atoms with Gasteiger partial charge in [0.2, 0.25) is 5.89 Å². The molecule has 8 nitrogen and oxygen atoms in total. The Morgan fingerprint density at radius 2 is 2.08 bits per heavy atom. The lowest BCUT2D eigenvalue weighted by atomic mass is 10.1. The van der Waals surface area contributed by atoms with E-state index in [0.29, 0.717) is 30.7 Å². The zero-order chi connectivity index (χ0) is 16.8. The van der Waals surface area contributed by atoms with Crippen LogP contribution < -0.4 is 0 Å². The molecule has 0 N–H and O–H groups in total. The van der Waals surface area contributed by atoms with E-state index in [1.807, 2.05) is 23.7 Å². The Labute approximate surface area is 140 Å². The quantitative estimate of drug-likeness (QED) is 0.839. The molecule has 1 saturated heterocycles. The first-order chi connectivity index (χ1) is 11.5. The molecule has 3 heterocycles. The topological polar surface area (TPSA) is 80.3 Å².